The van der Waals surface area contributed by atoms with Crippen LogP contribution in [0.2, 0.25) is 0 Å². The Morgan fingerprint density at radius 1 is 1.00 bits per heavy atom. The second kappa shape index (κ2) is 11.2. The van der Waals surface area contributed by atoms with Crippen molar-refractivity contribution < 1.29 is 46.1 Å². The maximum absolute atomic E-state index is 15.5. The summed E-state index contributed by atoms with van der Waals surface area (Å²) in [7, 11) is 0. The lowest BCUT2D eigenvalue weighted by Crippen LogP contribution is -2.30. The highest BCUT2D eigenvalue weighted by Gasteiger charge is 2.38. The maximum Gasteiger partial charge on any atom is 0.416 e. The average Bonchev–Trinajstić information content (AvgIpc) is 3.34. The Morgan fingerprint density at radius 3 is 2.34 bits per heavy atom. The van der Waals surface area contributed by atoms with Gasteiger partial charge in [-0.1, -0.05) is 0 Å². The second-order valence-corrected chi connectivity index (χ2v) is 12.2. The molecular formula is C33H32F5NO5. The van der Waals surface area contributed by atoms with Gasteiger partial charge in [0.05, 0.1) is 17.8 Å². The molecule has 2 heterocycles. The highest BCUT2D eigenvalue weighted by molar-refractivity contribution is 6.08. The average molecular weight is 618 g/mol. The van der Waals surface area contributed by atoms with E-state index in [-0.39, 0.29) is 24.3 Å². The van der Waals surface area contributed by atoms with Gasteiger partial charge in [0.2, 0.25) is 0 Å². The fourth-order valence-electron chi connectivity index (χ4n) is 6.09. The van der Waals surface area contributed by atoms with Crippen molar-refractivity contribution >= 4 is 17.6 Å². The summed E-state index contributed by atoms with van der Waals surface area (Å²) < 4.78 is 81.7. The summed E-state index contributed by atoms with van der Waals surface area (Å²) in [6.07, 6.45) is -4.94. The summed E-state index contributed by atoms with van der Waals surface area (Å²) in [6.45, 7) is 8.95. The molecule has 11 heteroatoms. The molecule has 3 aromatic carbocycles. The largest absolute Gasteiger partial charge is 0.490 e. The topological polar surface area (TPSA) is 76.1 Å². The third-order valence-corrected chi connectivity index (χ3v) is 7.92. The molecule has 6 nitrogen and oxygen atoms in total. The van der Waals surface area contributed by atoms with Crippen LogP contribution in [0.25, 0.3) is 11.1 Å². The van der Waals surface area contributed by atoms with Gasteiger partial charge in [-0.2, -0.15) is 13.2 Å². The number of carboxylic acids is 1. The van der Waals surface area contributed by atoms with Crippen LogP contribution in [0.15, 0.2) is 30.3 Å². The van der Waals surface area contributed by atoms with Crippen LogP contribution < -0.4 is 9.64 Å². The third-order valence-electron chi connectivity index (χ3n) is 7.92. The first-order valence-corrected chi connectivity index (χ1v) is 14.2. The number of aryl methyl sites for hydroxylation is 1. The van der Waals surface area contributed by atoms with E-state index in [4.69, 9.17) is 9.47 Å². The Labute approximate surface area is 251 Å². The van der Waals surface area contributed by atoms with Crippen LogP contribution >= 0.6 is 0 Å². The lowest BCUT2D eigenvalue weighted by atomic mass is 9.83. The van der Waals surface area contributed by atoms with E-state index in [9.17, 15) is 32.3 Å². The Kier molecular flexibility index (Phi) is 7.99. The van der Waals surface area contributed by atoms with Gasteiger partial charge >= 0.3 is 12.1 Å². The van der Waals surface area contributed by atoms with Gasteiger partial charge < -0.3 is 19.5 Å². The number of carbonyl (C=O) groups excluding carboxylic acids is 1. The van der Waals surface area contributed by atoms with E-state index in [0.29, 0.717) is 70.6 Å². The number of fused-ring (bicyclic) bond motifs is 2. The predicted molar refractivity (Wildman–Crippen MR) is 153 cm³/mol. The van der Waals surface area contributed by atoms with Crippen LogP contribution in [0.3, 0.4) is 0 Å². The molecule has 0 aromatic heterocycles. The van der Waals surface area contributed by atoms with Crippen LogP contribution in [0.1, 0.15) is 77.0 Å². The number of aliphatic carboxylic acids is 1. The zero-order valence-corrected chi connectivity index (χ0v) is 24.9. The molecule has 234 valence electrons. The van der Waals surface area contributed by atoms with Crippen molar-refractivity contribution in [3.05, 3.63) is 80.9 Å². The number of amides is 1. The Hall–Kier alpha value is -3.99. The van der Waals surface area contributed by atoms with Gasteiger partial charge in [0.25, 0.3) is 5.91 Å². The molecule has 5 rings (SSSR count). The van der Waals surface area contributed by atoms with Crippen molar-refractivity contribution in [1.29, 1.82) is 0 Å². The number of rotatable bonds is 5. The molecule has 1 N–H and O–H groups in total. The molecular weight excluding hydrogens is 585 g/mol. The molecule has 1 atom stereocenters. The first-order valence-electron chi connectivity index (χ1n) is 14.2. The minimum Gasteiger partial charge on any atom is -0.490 e. The lowest BCUT2D eigenvalue weighted by Gasteiger charge is -2.30. The standard InChI is InChI=1S/C33H32F5NO5/c1-16-11-25-22(8-9-39(25)30(40)18-12-19(33(36,37)38)14-20(34)13-18)27(26(16)29(31(41)42)44-32(3,4)5)23-15-24(35)28-21(17(23)2)7-6-10-43-28/h11-15,29H,6-10H2,1-5H3,(H,41,42)/t29-/m0/s1. The molecule has 1 amide bonds. The van der Waals surface area contributed by atoms with Gasteiger partial charge in [-0.05, 0) is 112 Å². The fraction of sp³-hybridized carbons (Fsp3) is 0.394. The van der Waals surface area contributed by atoms with Crippen LogP contribution in [-0.4, -0.2) is 35.7 Å². The SMILES string of the molecule is Cc1cc2c(c(-c3cc(F)c4c(c3C)CCCO4)c1[C@H](OC(C)(C)C)C(=O)O)CCN2C(=O)c1cc(F)cc(C(F)(F)F)c1. The third kappa shape index (κ3) is 5.77. The minimum absolute atomic E-state index is 0.0232. The Balaban J connectivity index is 1.76. The summed E-state index contributed by atoms with van der Waals surface area (Å²) in [6, 6.07) is 4.55. The molecule has 0 saturated carbocycles. The van der Waals surface area contributed by atoms with Gasteiger partial charge in [0, 0.05) is 28.9 Å². The Morgan fingerprint density at radius 2 is 1.70 bits per heavy atom. The fourth-order valence-corrected chi connectivity index (χ4v) is 6.09. The number of benzene rings is 3. The van der Waals surface area contributed by atoms with Crippen molar-refractivity contribution in [3.8, 4) is 16.9 Å². The van der Waals surface area contributed by atoms with Gasteiger partial charge in [0.15, 0.2) is 17.7 Å². The minimum atomic E-state index is -4.87. The first-order chi connectivity index (χ1) is 20.5. The summed E-state index contributed by atoms with van der Waals surface area (Å²) >= 11 is 0. The number of alkyl halides is 3. The van der Waals surface area contributed by atoms with E-state index >= 15 is 4.39 Å². The van der Waals surface area contributed by atoms with Crippen molar-refractivity contribution in [3.63, 3.8) is 0 Å². The number of nitrogens with zero attached hydrogens (tertiary/aromatic N) is 1. The van der Waals surface area contributed by atoms with Gasteiger partial charge in [-0.3, -0.25) is 4.79 Å². The Bertz CT molecular complexity index is 1670. The number of hydrogen-bond donors (Lipinski definition) is 1. The van der Waals surface area contributed by atoms with E-state index in [1.54, 1.807) is 40.7 Å². The molecule has 2 aliphatic rings. The molecule has 0 fully saturated rings. The quantitative estimate of drug-likeness (QED) is 0.297. The monoisotopic (exact) mass is 617 g/mol. The molecule has 3 aromatic rings. The van der Waals surface area contributed by atoms with Gasteiger partial charge in [-0.15, -0.1) is 0 Å². The molecule has 0 unspecified atom stereocenters. The molecule has 0 saturated heterocycles. The van der Waals surface area contributed by atoms with E-state index in [1.165, 1.54) is 11.0 Å². The smallest absolute Gasteiger partial charge is 0.416 e. The highest BCUT2D eigenvalue weighted by atomic mass is 19.4. The number of carbonyl (C=O) groups is 2. The van der Waals surface area contributed by atoms with E-state index in [2.05, 4.69) is 0 Å². The summed E-state index contributed by atoms with van der Waals surface area (Å²) in [5.41, 5.74) is 0.985. The normalized spacial score (nSPS) is 15.5. The van der Waals surface area contributed by atoms with Crippen molar-refractivity contribution in [2.24, 2.45) is 0 Å². The lowest BCUT2D eigenvalue weighted by molar-refractivity contribution is -0.160. The molecule has 0 spiro atoms. The van der Waals surface area contributed by atoms with Crippen LogP contribution in [-0.2, 0) is 28.5 Å². The van der Waals surface area contributed by atoms with Crippen LogP contribution in [0, 0.1) is 25.5 Å². The molecule has 2 aliphatic heterocycles. The molecule has 0 radical (unpaired) electrons. The van der Waals surface area contributed by atoms with Crippen LogP contribution in [0.4, 0.5) is 27.6 Å². The second-order valence-electron chi connectivity index (χ2n) is 12.2. The molecule has 0 bridgehead atoms. The van der Waals surface area contributed by atoms with Crippen LogP contribution in [0.5, 0.6) is 5.75 Å². The molecule has 0 aliphatic carbocycles. The van der Waals surface area contributed by atoms with Gasteiger partial charge in [-0.25, -0.2) is 13.6 Å². The number of carboxylic acid groups (broad SMARTS) is 1. The number of anilines is 1. The predicted octanol–water partition coefficient (Wildman–Crippen LogP) is 7.74. The maximum atomic E-state index is 15.5. The number of halogens is 5. The van der Waals surface area contributed by atoms with Gasteiger partial charge in [0.1, 0.15) is 5.82 Å². The number of ether oxygens (including phenoxy) is 2. The highest BCUT2D eigenvalue weighted by Crippen LogP contribution is 2.48. The van der Waals surface area contributed by atoms with Crippen molar-refractivity contribution in [2.75, 3.05) is 18.1 Å². The van der Waals surface area contributed by atoms with E-state index < -0.39 is 52.5 Å². The first kappa shape index (κ1) is 31.4. The van der Waals surface area contributed by atoms with E-state index in [0.717, 1.165) is 6.07 Å². The van der Waals surface area contributed by atoms with Crippen molar-refractivity contribution in [2.45, 2.75) is 71.8 Å². The number of hydrogen-bond acceptors (Lipinski definition) is 4. The summed E-state index contributed by atoms with van der Waals surface area (Å²) in [4.78, 5) is 27.6. The summed E-state index contributed by atoms with van der Waals surface area (Å²) in [5, 5.41) is 10.3. The van der Waals surface area contributed by atoms with E-state index in [1.807, 2.05) is 0 Å². The zero-order valence-electron chi connectivity index (χ0n) is 24.9. The molecule has 44 heavy (non-hydrogen) atoms. The summed E-state index contributed by atoms with van der Waals surface area (Å²) in [5.74, 6) is -3.80. The zero-order chi connectivity index (χ0) is 32.3. The van der Waals surface area contributed by atoms with Crippen molar-refractivity contribution in [1.82, 2.24) is 0 Å².